The van der Waals surface area contributed by atoms with Crippen LogP contribution in [0.5, 0.6) is 0 Å². The summed E-state index contributed by atoms with van der Waals surface area (Å²) < 4.78 is 27.2. The highest BCUT2D eigenvalue weighted by Gasteiger charge is 2.74. The number of hydrogen-bond donors (Lipinski definition) is 5. The SMILES string of the molecule is NC(=O)CC(C(=O)N(c1cccc2nc(NCCCNCc3ccc(F)cc3)ccc12)c1cccc2nc(NCCCNCc3cccc(F)c3)ccc12)(C12CC3CC(CC(C3)C1)C2)C12CC3CC(CC(C3)C1)C2. The second kappa shape index (κ2) is 20.3. The highest BCUT2D eigenvalue weighted by molar-refractivity contribution is 6.15. The van der Waals surface area contributed by atoms with Crippen molar-refractivity contribution in [1.82, 2.24) is 20.6 Å². The average molecular weight is 999 g/mol. The van der Waals surface area contributed by atoms with E-state index >= 15 is 4.79 Å². The van der Waals surface area contributed by atoms with E-state index in [9.17, 15) is 13.6 Å². The van der Waals surface area contributed by atoms with Crippen molar-refractivity contribution in [3.05, 3.63) is 132 Å². The third-order valence-electron chi connectivity index (χ3n) is 18.9. The van der Waals surface area contributed by atoms with Gasteiger partial charge in [0.1, 0.15) is 23.3 Å². The van der Waals surface area contributed by atoms with Crippen LogP contribution in [0.1, 0.15) is 107 Å². The molecule has 8 aliphatic rings. The van der Waals surface area contributed by atoms with Crippen molar-refractivity contribution >= 4 is 56.6 Å². The van der Waals surface area contributed by atoms with E-state index in [0.717, 1.165) is 120 Å². The van der Waals surface area contributed by atoms with Crippen LogP contribution < -0.4 is 31.9 Å². The van der Waals surface area contributed by atoms with Gasteiger partial charge in [0.25, 0.3) is 0 Å². The van der Waals surface area contributed by atoms with Crippen molar-refractivity contribution in [3.8, 4) is 0 Å². The Bertz CT molecular complexity index is 2920. The number of nitrogens with zero attached hydrogens (tertiary/aromatic N) is 3. The number of rotatable bonds is 21. The molecule has 8 saturated carbocycles. The first kappa shape index (κ1) is 48.9. The van der Waals surface area contributed by atoms with Crippen LogP contribution in [-0.4, -0.2) is 48.0 Å². The van der Waals surface area contributed by atoms with Gasteiger partial charge in [0.2, 0.25) is 11.8 Å². The number of primary amides is 1. The van der Waals surface area contributed by atoms with Gasteiger partial charge in [-0.2, -0.15) is 0 Å². The number of anilines is 4. The molecule has 4 aromatic carbocycles. The summed E-state index contributed by atoms with van der Waals surface area (Å²) in [6.07, 6.45) is 15.2. The Morgan fingerprint density at radius 3 is 1.47 bits per heavy atom. The number of nitrogens with two attached hydrogens (primary N) is 1. The highest BCUT2D eigenvalue weighted by atomic mass is 19.1. The Kier molecular flexibility index (Phi) is 13.4. The fourth-order valence-corrected chi connectivity index (χ4v) is 17.0. The Hall–Kier alpha value is -5.98. The zero-order valence-corrected chi connectivity index (χ0v) is 42.7. The van der Waals surface area contributed by atoms with Crippen LogP contribution in [0, 0.1) is 63.4 Å². The molecule has 2 heterocycles. The number of halogens is 2. The van der Waals surface area contributed by atoms with Gasteiger partial charge < -0.3 is 27.0 Å². The molecule has 14 rings (SSSR count). The molecule has 8 fully saturated rings. The van der Waals surface area contributed by atoms with Crippen LogP contribution in [-0.2, 0) is 22.7 Å². The number of carbonyl (C=O) groups excluding carboxylic acids is 2. The second-order valence-electron chi connectivity index (χ2n) is 23.8. The lowest BCUT2D eigenvalue weighted by atomic mass is 9.32. The molecule has 8 bridgehead atoms. The first-order valence-electron chi connectivity index (χ1n) is 27.8. The van der Waals surface area contributed by atoms with Crippen molar-refractivity contribution in [2.24, 2.45) is 57.5 Å². The number of amides is 2. The van der Waals surface area contributed by atoms with Crippen LogP contribution in [0.4, 0.5) is 31.8 Å². The molecular weight excluding hydrogens is 927 g/mol. The minimum Gasteiger partial charge on any atom is -0.370 e. The average Bonchev–Trinajstić information content (AvgIpc) is 3.39. The molecular formula is C62H72F2N8O2. The van der Waals surface area contributed by atoms with E-state index in [1.54, 1.807) is 24.3 Å². The molecule has 12 heteroatoms. The van der Waals surface area contributed by atoms with Crippen molar-refractivity contribution in [3.63, 3.8) is 0 Å². The maximum atomic E-state index is 17.6. The molecule has 6 N–H and O–H groups in total. The molecule has 10 nitrogen and oxygen atoms in total. The quantitative estimate of drug-likeness (QED) is 0.0450. The van der Waals surface area contributed by atoms with Gasteiger partial charge in [-0.05, 0) is 233 Å². The van der Waals surface area contributed by atoms with E-state index in [1.165, 1.54) is 56.7 Å². The minimum absolute atomic E-state index is 0.0449. The molecule has 386 valence electrons. The largest absolute Gasteiger partial charge is 0.370 e. The van der Waals surface area contributed by atoms with Gasteiger partial charge in [-0.1, -0.05) is 36.4 Å². The fourth-order valence-electron chi connectivity index (χ4n) is 17.0. The number of fused-ring (bicyclic) bond motifs is 2. The summed E-state index contributed by atoms with van der Waals surface area (Å²) in [4.78, 5) is 44.4. The van der Waals surface area contributed by atoms with Gasteiger partial charge in [0, 0.05) is 43.4 Å². The summed E-state index contributed by atoms with van der Waals surface area (Å²) in [5.41, 5.74) is 10.0. The van der Waals surface area contributed by atoms with Gasteiger partial charge in [0.15, 0.2) is 0 Å². The molecule has 0 aliphatic heterocycles. The third kappa shape index (κ3) is 9.32. The van der Waals surface area contributed by atoms with Gasteiger partial charge in [-0.15, -0.1) is 0 Å². The molecule has 6 aromatic rings. The lowest BCUT2D eigenvalue weighted by molar-refractivity contribution is -0.226. The Morgan fingerprint density at radius 1 is 0.554 bits per heavy atom. The monoisotopic (exact) mass is 999 g/mol. The van der Waals surface area contributed by atoms with Gasteiger partial charge in [-0.3, -0.25) is 14.5 Å². The number of aromatic nitrogens is 2. The molecule has 0 unspecified atom stereocenters. The number of pyridine rings is 2. The maximum Gasteiger partial charge on any atom is 0.239 e. The van der Waals surface area contributed by atoms with Crippen LogP contribution >= 0.6 is 0 Å². The summed E-state index contributed by atoms with van der Waals surface area (Å²) in [7, 11) is 0. The van der Waals surface area contributed by atoms with Crippen molar-refractivity contribution < 1.29 is 18.4 Å². The normalized spacial score (nSPS) is 27.1. The molecule has 0 radical (unpaired) electrons. The maximum absolute atomic E-state index is 17.6. The predicted octanol–water partition coefficient (Wildman–Crippen LogP) is 12.2. The van der Waals surface area contributed by atoms with Crippen molar-refractivity contribution in [2.45, 2.75) is 109 Å². The Labute approximate surface area is 434 Å². The zero-order chi connectivity index (χ0) is 50.4. The summed E-state index contributed by atoms with van der Waals surface area (Å²) in [5, 5.41) is 15.7. The van der Waals surface area contributed by atoms with Gasteiger partial charge >= 0.3 is 0 Å². The first-order chi connectivity index (χ1) is 36.0. The van der Waals surface area contributed by atoms with Crippen LogP contribution in [0.25, 0.3) is 21.8 Å². The van der Waals surface area contributed by atoms with Crippen molar-refractivity contribution in [2.75, 3.05) is 41.7 Å². The van der Waals surface area contributed by atoms with Crippen LogP contribution in [0.2, 0.25) is 0 Å². The van der Waals surface area contributed by atoms with E-state index in [4.69, 9.17) is 15.7 Å². The zero-order valence-electron chi connectivity index (χ0n) is 42.7. The van der Waals surface area contributed by atoms with E-state index in [0.29, 0.717) is 61.7 Å². The molecule has 0 atom stereocenters. The van der Waals surface area contributed by atoms with E-state index in [1.807, 2.05) is 47.4 Å². The summed E-state index contributed by atoms with van der Waals surface area (Å²) in [5.74, 6) is 4.15. The number of carbonyl (C=O) groups is 2. The lowest BCUT2D eigenvalue weighted by Crippen LogP contribution is -2.70. The third-order valence-corrected chi connectivity index (χ3v) is 18.9. The van der Waals surface area contributed by atoms with E-state index < -0.39 is 5.41 Å². The van der Waals surface area contributed by atoms with Gasteiger partial charge in [-0.25, -0.2) is 18.7 Å². The summed E-state index contributed by atoms with van der Waals surface area (Å²) in [6.45, 7) is 4.21. The van der Waals surface area contributed by atoms with Crippen LogP contribution in [0.15, 0.2) is 109 Å². The van der Waals surface area contributed by atoms with Crippen molar-refractivity contribution in [1.29, 1.82) is 0 Å². The first-order valence-corrected chi connectivity index (χ1v) is 27.8. The molecule has 8 aliphatic carbocycles. The van der Waals surface area contributed by atoms with E-state index in [-0.39, 0.29) is 40.7 Å². The second-order valence-corrected chi connectivity index (χ2v) is 23.8. The Morgan fingerprint density at radius 2 is 1.01 bits per heavy atom. The minimum atomic E-state index is -1.00. The topological polar surface area (TPSA) is 137 Å². The molecule has 74 heavy (non-hydrogen) atoms. The number of nitrogens with one attached hydrogen (secondary N) is 4. The lowest BCUT2D eigenvalue weighted by Gasteiger charge is -2.72. The van der Waals surface area contributed by atoms with Crippen LogP contribution in [0.3, 0.4) is 0 Å². The Balaban J connectivity index is 0.906. The standard InChI is InChI=1S/C62H72F2N8O2/c63-48-14-12-40(13-15-48)38-66-20-4-22-68-57-18-16-50-52(70-57)8-2-10-54(50)72(55-11-3-9-53-51(55)17-19-58(71-53)69-23-5-21-67-39-41-6-1-7-49(64)30-41)59(74)62(37-56(65)73,60-31-42-24-43(32-60)26-44(25-42)33-60)61-34-45-27-46(35-61)29-47(28-45)36-61/h1-3,6-19,30,42-47,66-67H,4-5,20-29,31-39H2,(H2,65,73)(H,68,70)(H,69,71). The summed E-state index contributed by atoms with van der Waals surface area (Å²) >= 11 is 0. The highest BCUT2D eigenvalue weighted by Crippen LogP contribution is 2.77. The number of hydrogen-bond acceptors (Lipinski definition) is 8. The molecule has 2 amide bonds. The molecule has 0 spiro atoms. The number of benzene rings is 4. The molecule has 2 aromatic heterocycles. The van der Waals surface area contributed by atoms with E-state index in [2.05, 4.69) is 45.5 Å². The fraction of sp³-hybridized carbons (Fsp3) is 0.484. The van der Waals surface area contributed by atoms with Gasteiger partial charge in [0.05, 0.1) is 27.8 Å². The summed E-state index contributed by atoms with van der Waals surface area (Å²) in [6, 6.07) is 33.8. The predicted molar refractivity (Wildman–Crippen MR) is 291 cm³/mol. The molecule has 0 saturated heterocycles. The smallest absolute Gasteiger partial charge is 0.239 e.